The lowest BCUT2D eigenvalue weighted by Crippen LogP contribution is -2.47. The van der Waals surface area contributed by atoms with E-state index in [2.05, 4.69) is 61.7 Å². The summed E-state index contributed by atoms with van der Waals surface area (Å²) in [5, 5.41) is 6.83. The third-order valence-electron chi connectivity index (χ3n) is 5.42. The molecule has 29 heavy (non-hydrogen) atoms. The van der Waals surface area contributed by atoms with Crippen molar-refractivity contribution < 1.29 is 0 Å². The monoisotopic (exact) mass is 411 g/mol. The predicted molar refractivity (Wildman–Crippen MR) is 124 cm³/mol. The van der Waals surface area contributed by atoms with Gasteiger partial charge in [0.25, 0.3) is 0 Å². The Morgan fingerprint density at radius 2 is 1.48 bits per heavy atom. The van der Waals surface area contributed by atoms with E-state index in [9.17, 15) is 0 Å². The van der Waals surface area contributed by atoms with Crippen molar-refractivity contribution >= 4 is 40.6 Å². The van der Waals surface area contributed by atoms with Gasteiger partial charge in [0.15, 0.2) is 5.11 Å². The number of anilines is 4. The van der Waals surface area contributed by atoms with Gasteiger partial charge in [0.1, 0.15) is 11.6 Å². The van der Waals surface area contributed by atoms with Gasteiger partial charge in [0.2, 0.25) is 5.95 Å². The molecule has 2 aromatic rings. The largest absolute Gasteiger partial charge is 0.368 e. The average Bonchev–Trinajstić information content (AvgIpc) is 3.29. The van der Waals surface area contributed by atoms with Gasteiger partial charge >= 0.3 is 0 Å². The zero-order valence-corrected chi connectivity index (χ0v) is 17.8. The van der Waals surface area contributed by atoms with Crippen LogP contribution >= 0.6 is 12.2 Å². The first kappa shape index (κ1) is 19.7. The number of piperazine rings is 1. The van der Waals surface area contributed by atoms with Gasteiger partial charge in [0, 0.05) is 57.6 Å². The van der Waals surface area contributed by atoms with Crippen molar-refractivity contribution in [3.63, 3.8) is 0 Å². The molecule has 3 heterocycles. The minimum absolute atomic E-state index is 0.561. The number of hydrogen-bond acceptors (Lipinski definition) is 6. The summed E-state index contributed by atoms with van der Waals surface area (Å²) in [6.07, 6.45) is 2.43. The van der Waals surface area contributed by atoms with Crippen LogP contribution in [0.15, 0.2) is 36.4 Å². The maximum absolute atomic E-state index is 5.35. The number of benzene rings is 1. The summed E-state index contributed by atoms with van der Waals surface area (Å²) in [7, 11) is 0. The van der Waals surface area contributed by atoms with Crippen LogP contribution in [0.1, 0.15) is 19.8 Å². The van der Waals surface area contributed by atoms with Crippen LogP contribution in [0.4, 0.5) is 23.3 Å². The second kappa shape index (κ2) is 9.26. The van der Waals surface area contributed by atoms with Gasteiger partial charge in [-0.15, -0.1) is 0 Å². The van der Waals surface area contributed by atoms with Crippen molar-refractivity contribution in [2.45, 2.75) is 19.8 Å². The van der Waals surface area contributed by atoms with Crippen molar-refractivity contribution in [3.05, 3.63) is 36.4 Å². The Morgan fingerprint density at radius 1 is 0.897 bits per heavy atom. The number of aromatic nitrogens is 2. The number of nitrogens with one attached hydrogen (secondary N) is 2. The van der Waals surface area contributed by atoms with Gasteiger partial charge in [-0.25, -0.2) is 0 Å². The summed E-state index contributed by atoms with van der Waals surface area (Å²) in [6.45, 7) is 8.71. The van der Waals surface area contributed by atoms with Crippen LogP contribution in [0.25, 0.3) is 0 Å². The molecule has 2 saturated heterocycles. The number of para-hydroxylation sites is 1. The molecule has 1 aromatic heterocycles. The summed E-state index contributed by atoms with van der Waals surface area (Å²) in [5.41, 5.74) is 1.28. The van der Waals surface area contributed by atoms with Crippen molar-refractivity contribution in [2.75, 3.05) is 65.8 Å². The number of thiocarbonyl (C=S) groups is 1. The maximum atomic E-state index is 5.35. The summed E-state index contributed by atoms with van der Waals surface area (Å²) >= 11 is 5.35. The molecule has 0 aliphatic carbocycles. The van der Waals surface area contributed by atoms with Gasteiger partial charge in [-0.1, -0.05) is 18.2 Å². The van der Waals surface area contributed by atoms with Crippen LogP contribution in [0, 0.1) is 0 Å². The summed E-state index contributed by atoms with van der Waals surface area (Å²) in [4.78, 5) is 16.6. The molecular weight excluding hydrogens is 382 g/mol. The van der Waals surface area contributed by atoms with E-state index in [1.54, 1.807) is 0 Å². The van der Waals surface area contributed by atoms with Crippen LogP contribution in [-0.2, 0) is 0 Å². The van der Waals surface area contributed by atoms with Crippen molar-refractivity contribution in [3.8, 4) is 0 Å². The zero-order chi connectivity index (χ0) is 20.1. The third kappa shape index (κ3) is 4.87. The average molecular weight is 412 g/mol. The SMILES string of the molecule is CCNC(=S)Nc1nc(N2CCCC2)cc(N2CCN(c3ccccc3)CC2)n1. The van der Waals surface area contributed by atoms with Crippen LogP contribution in [0.3, 0.4) is 0 Å². The Balaban J connectivity index is 1.51. The van der Waals surface area contributed by atoms with Crippen LogP contribution in [0.2, 0.25) is 0 Å². The molecule has 2 aliphatic heterocycles. The highest BCUT2D eigenvalue weighted by Crippen LogP contribution is 2.26. The molecule has 1 aromatic carbocycles. The fourth-order valence-electron chi connectivity index (χ4n) is 3.89. The molecule has 4 rings (SSSR count). The Hall–Kier alpha value is -2.61. The van der Waals surface area contributed by atoms with Gasteiger partial charge in [-0.3, -0.25) is 0 Å². The first-order valence-corrected chi connectivity index (χ1v) is 10.9. The molecule has 0 bridgehead atoms. The van der Waals surface area contributed by atoms with E-state index >= 15 is 0 Å². The molecule has 0 amide bonds. The second-order valence-corrected chi connectivity index (χ2v) is 7.80. The summed E-state index contributed by atoms with van der Waals surface area (Å²) < 4.78 is 0. The smallest absolute Gasteiger partial charge is 0.232 e. The Labute approximate surface area is 178 Å². The quantitative estimate of drug-likeness (QED) is 0.729. The van der Waals surface area contributed by atoms with E-state index in [4.69, 9.17) is 22.2 Å². The molecule has 0 unspecified atom stereocenters. The van der Waals surface area contributed by atoms with Gasteiger partial charge in [-0.05, 0) is 44.1 Å². The van der Waals surface area contributed by atoms with Gasteiger partial charge in [0.05, 0.1) is 0 Å². The Morgan fingerprint density at radius 3 is 2.10 bits per heavy atom. The highest BCUT2D eigenvalue weighted by molar-refractivity contribution is 7.80. The molecule has 2 fully saturated rings. The molecule has 0 spiro atoms. The molecule has 8 heteroatoms. The zero-order valence-electron chi connectivity index (χ0n) is 17.0. The van der Waals surface area contributed by atoms with E-state index in [0.29, 0.717) is 11.1 Å². The lowest BCUT2D eigenvalue weighted by atomic mass is 10.2. The van der Waals surface area contributed by atoms with Crippen LogP contribution in [0.5, 0.6) is 0 Å². The Kier molecular flexibility index (Phi) is 6.29. The van der Waals surface area contributed by atoms with Crippen molar-refractivity contribution in [2.24, 2.45) is 0 Å². The lowest BCUT2D eigenvalue weighted by molar-refractivity contribution is 0.647. The predicted octanol–water partition coefficient (Wildman–Crippen LogP) is 2.71. The fraction of sp³-hybridized carbons (Fsp3) is 0.476. The number of nitrogens with zero attached hydrogens (tertiary/aromatic N) is 5. The standard InChI is InChI=1S/C21H29N7S/c1-2-22-21(29)25-20-23-18(27-10-6-7-11-27)16-19(24-20)28-14-12-26(13-15-28)17-8-4-3-5-9-17/h3-5,8-9,16H,2,6-7,10-15H2,1H3,(H2,22,23,24,25,29). The van der Waals surface area contributed by atoms with E-state index < -0.39 is 0 Å². The Bertz CT molecular complexity index is 815. The number of hydrogen-bond donors (Lipinski definition) is 2. The first-order chi connectivity index (χ1) is 14.2. The summed E-state index contributed by atoms with van der Waals surface area (Å²) in [6, 6.07) is 12.7. The highest BCUT2D eigenvalue weighted by atomic mass is 32.1. The number of rotatable bonds is 5. The normalized spacial score (nSPS) is 16.8. The molecule has 2 N–H and O–H groups in total. The molecule has 154 valence electrons. The fourth-order valence-corrected chi connectivity index (χ4v) is 4.12. The van der Waals surface area contributed by atoms with E-state index in [1.165, 1.54) is 18.5 Å². The molecule has 0 saturated carbocycles. The minimum Gasteiger partial charge on any atom is -0.368 e. The molecule has 2 aliphatic rings. The molecule has 0 atom stereocenters. The first-order valence-electron chi connectivity index (χ1n) is 10.5. The maximum Gasteiger partial charge on any atom is 0.232 e. The topological polar surface area (TPSA) is 59.6 Å². The van der Waals surface area contributed by atoms with E-state index in [0.717, 1.165) is 57.4 Å². The van der Waals surface area contributed by atoms with Gasteiger partial charge in [-0.2, -0.15) is 9.97 Å². The minimum atomic E-state index is 0.561. The molecule has 0 radical (unpaired) electrons. The molecule has 7 nitrogen and oxygen atoms in total. The van der Waals surface area contributed by atoms with Gasteiger partial charge < -0.3 is 25.3 Å². The van der Waals surface area contributed by atoms with Crippen LogP contribution in [-0.4, -0.2) is 60.9 Å². The van der Waals surface area contributed by atoms with Crippen LogP contribution < -0.4 is 25.3 Å². The van der Waals surface area contributed by atoms with Crippen molar-refractivity contribution in [1.29, 1.82) is 0 Å². The van der Waals surface area contributed by atoms with Crippen molar-refractivity contribution in [1.82, 2.24) is 15.3 Å². The lowest BCUT2D eigenvalue weighted by Gasteiger charge is -2.37. The third-order valence-corrected chi connectivity index (χ3v) is 5.66. The van der Waals surface area contributed by atoms with E-state index in [1.807, 2.05) is 6.92 Å². The second-order valence-electron chi connectivity index (χ2n) is 7.40. The summed E-state index contributed by atoms with van der Waals surface area (Å²) in [5.74, 6) is 2.53. The molecular formula is C21H29N7S. The highest BCUT2D eigenvalue weighted by Gasteiger charge is 2.22. The van der Waals surface area contributed by atoms with E-state index in [-0.39, 0.29) is 0 Å².